The maximum absolute atomic E-state index is 14.8. The summed E-state index contributed by atoms with van der Waals surface area (Å²) in [6.07, 6.45) is 3.57. The van der Waals surface area contributed by atoms with Crippen molar-refractivity contribution in [3.63, 3.8) is 0 Å². The zero-order chi connectivity index (χ0) is 17.8. The van der Waals surface area contributed by atoms with Crippen molar-refractivity contribution < 1.29 is 13.5 Å². The molecule has 0 amide bonds. The second-order valence-corrected chi connectivity index (χ2v) is 7.57. The largest absolute Gasteiger partial charge is 0.497 e. The SMILES string of the molecule is COc1ccc2nc(C(F)(F)C3CC3CC[C@@H]3CC3C)c(=O)[nH]c2c1. The molecule has 2 aliphatic rings. The summed E-state index contributed by atoms with van der Waals surface area (Å²) in [4.78, 5) is 18.7. The van der Waals surface area contributed by atoms with Crippen LogP contribution in [0.15, 0.2) is 23.0 Å². The molecule has 1 N–H and O–H groups in total. The molecule has 2 fully saturated rings. The first kappa shape index (κ1) is 16.5. The van der Waals surface area contributed by atoms with Gasteiger partial charge in [0.2, 0.25) is 0 Å². The van der Waals surface area contributed by atoms with Crippen molar-refractivity contribution in [2.45, 2.75) is 38.5 Å². The summed E-state index contributed by atoms with van der Waals surface area (Å²) in [5.74, 6) is -1.92. The molecule has 0 saturated heterocycles. The summed E-state index contributed by atoms with van der Waals surface area (Å²) < 4.78 is 34.8. The van der Waals surface area contributed by atoms with Crippen molar-refractivity contribution in [3.05, 3.63) is 34.2 Å². The molecule has 3 unspecified atom stereocenters. The molecular weight excluding hydrogens is 326 g/mol. The summed E-state index contributed by atoms with van der Waals surface area (Å²) in [6.45, 7) is 2.21. The average molecular weight is 348 g/mol. The highest BCUT2D eigenvalue weighted by Crippen LogP contribution is 2.56. The number of benzene rings is 1. The van der Waals surface area contributed by atoms with Gasteiger partial charge >= 0.3 is 0 Å². The Morgan fingerprint density at radius 2 is 2.00 bits per heavy atom. The molecule has 2 aromatic rings. The van der Waals surface area contributed by atoms with E-state index < -0.39 is 23.1 Å². The van der Waals surface area contributed by atoms with Gasteiger partial charge in [-0.3, -0.25) is 4.79 Å². The van der Waals surface area contributed by atoms with E-state index in [0.29, 0.717) is 29.1 Å². The third-order valence-corrected chi connectivity index (χ3v) is 5.79. The van der Waals surface area contributed by atoms with Crippen LogP contribution in [-0.4, -0.2) is 17.1 Å². The zero-order valence-electron chi connectivity index (χ0n) is 14.4. The van der Waals surface area contributed by atoms with Crippen LogP contribution < -0.4 is 10.3 Å². The topological polar surface area (TPSA) is 55.0 Å². The molecule has 1 aromatic carbocycles. The molecule has 4 atom stereocenters. The fourth-order valence-electron chi connectivity index (χ4n) is 3.83. The fourth-order valence-corrected chi connectivity index (χ4v) is 3.83. The number of aromatic nitrogens is 2. The number of H-pyrrole nitrogens is 1. The van der Waals surface area contributed by atoms with Gasteiger partial charge in [-0.15, -0.1) is 0 Å². The van der Waals surface area contributed by atoms with Crippen LogP contribution in [0.1, 0.15) is 38.3 Å². The first-order valence-corrected chi connectivity index (χ1v) is 8.86. The summed E-state index contributed by atoms with van der Waals surface area (Å²) in [5.41, 5.74) is -0.720. The van der Waals surface area contributed by atoms with Crippen LogP contribution in [0.25, 0.3) is 11.0 Å². The lowest BCUT2D eigenvalue weighted by atomic mass is 10.0. The normalized spacial score (nSPS) is 28.2. The molecule has 25 heavy (non-hydrogen) atoms. The average Bonchev–Trinajstić information content (AvgIpc) is 3.48. The van der Waals surface area contributed by atoms with Gasteiger partial charge in [0, 0.05) is 12.0 Å². The number of alkyl halides is 2. The number of aromatic amines is 1. The summed E-state index contributed by atoms with van der Waals surface area (Å²) in [5, 5.41) is 0. The van der Waals surface area contributed by atoms with E-state index in [9.17, 15) is 13.6 Å². The quantitative estimate of drug-likeness (QED) is 0.855. The van der Waals surface area contributed by atoms with E-state index in [1.807, 2.05) is 0 Å². The van der Waals surface area contributed by atoms with Crippen LogP contribution in [0.2, 0.25) is 0 Å². The smallest absolute Gasteiger partial charge is 0.298 e. The van der Waals surface area contributed by atoms with Crippen LogP contribution in [-0.2, 0) is 5.92 Å². The van der Waals surface area contributed by atoms with Gasteiger partial charge in [0.25, 0.3) is 11.5 Å². The van der Waals surface area contributed by atoms with E-state index in [0.717, 1.165) is 18.8 Å². The molecular formula is C19H22F2N2O2. The van der Waals surface area contributed by atoms with Gasteiger partial charge in [-0.2, -0.15) is 8.78 Å². The van der Waals surface area contributed by atoms with Gasteiger partial charge in [0.1, 0.15) is 5.75 Å². The Labute approximate surface area is 144 Å². The van der Waals surface area contributed by atoms with E-state index in [1.54, 1.807) is 18.2 Å². The minimum absolute atomic E-state index is 0.00978. The lowest BCUT2D eigenvalue weighted by Crippen LogP contribution is -2.29. The predicted octanol–water partition coefficient (Wildman–Crippen LogP) is 4.10. The minimum Gasteiger partial charge on any atom is -0.497 e. The maximum Gasteiger partial charge on any atom is 0.298 e. The van der Waals surface area contributed by atoms with Gasteiger partial charge < -0.3 is 9.72 Å². The highest BCUT2D eigenvalue weighted by atomic mass is 19.3. The Morgan fingerprint density at radius 3 is 2.68 bits per heavy atom. The summed E-state index contributed by atoms with van der Waals surface area (Å²) >= 11 is 0. The molecule has 1 heterocycles. The number of hydrogen-bond donors (Lipinski definition) is 1. The number of methoxy groups -OCH3 is 1. The standard InChI is InChI=1S/C19H22F2N2O2/c1-10-7-11(10)3-4-12-8-14(12)19(20,21)17-18(24)23-16-9-13(25-2)5-6-15(16)22-17/h5-6,9-12,14H,3-4,7-8H2,1-2H3,(H,23,24)/t10?,11-,12?,14?/m1/s1. The number of hydrogen-bond acceptors (Lipinski definition) is 3. The van der Waals surface area contributed by atoms with Crippen LogP contribution in [0.3, 0.4) is 0 Å². The van der Waals surface area contributed by atoms with Gasteiger partial charge in [-0.1, -0.05) is 6.92 Å². The highest BCUT2D eigenvalue weighted by molar-refractivity contribution is 5.75. The second-order valence-electron chi connectivity index (χ2n) is 7.57. The first-order valence-electron chi connectivity index (χ1n) is 8.86. The second kappa shape index (κ2) is 5.78. The van der Waals surface area contributed by atoms with E-state index in [1.165, 1.54) is 13.5 Å². The summed E-state index contributed by atoms with van der Waals surface area (Å²) in [6, 6.07) is 4.82. The van der Waals surface area contributed by atoms with Crippen LogP contribution in [0.4, 0.5) is 8.78 Å². The molecule has 4 rings (SSSR count). The lowest BCUT2D eigenvalue weighted by molar-refractivity contribution is -0.0396. The highest BCUT2D eigenvalue weighted by Gasteiger charge is 2.57. The Hall–Kier alpha value is -1.98. The number of nitrogens with zero attached hydrogens (tertiary/aromatic N) is 1. The Kier molecular flexibility index (Phi) is 3.81. The third-order valence-electron chi connectivity index (χ3n) is 5.79. The van der Waals surface area contributed by atoms with Crippen LogP contribution >= 0.6 is 0 Å². The Morgan fingerprint density at radius 1 is 1.28 bits per heavy atom. The minimum atomic E-state index is -3.18. The number of fused-ring (bicyclic) bond motifs is 1. The van der Waals surface area contributed by atoms with Crippen molar-refractivity contribution in [1.82, 2.24) is 9.97 Å². The van der Waals surface area contributed by atoms with E-state index in [2.05, 4.69) is 16.9 Å². The molecule has 0 bridgehead atoms. The zero-order valence-corrected chi connectivity index (χ0v) is 14.4. The molecule has 0 radical (unpaired) electrons. The third kappa shape index (κ3) is 3.02. The van der Waals surface area contributed by atoms with Crippen molar-refractivity contribution >= 4 is 11.0 Å². The number of ether oxygens (including phenoxy) is 1. The molecule has 1 aromatic heterocycles. The van der Waals surface area contributed by atoms with Crippen molar-refractivity contribution in [1.29, 1.82) is 0 Å². The molecule has 6 heteroatoms. The molecule has 2 aliphatic carbocycles. The van der Waals surface area contributed by atoms with Crippen molar-refractivity contribution in [3.8, 4) is 5.75 Å². The first-order chi connectivity index (χ1) is 11.9. The predicted molar refractivity (Wildman–Crippen MR) is 90.9 cm³/mol. The molecule has 0 spiro atoms. The van der Waals surface area contributed by atoms with Gasteiger partial charge in [0.15, 0.2) is 5.69 Å². The molecule has 0 aliphatic heterocycles. The number of rotatable bonds is 6. The number of nitrogens with one attached hydrogen (secondary N) is 1. The van der Waals surface area contributed by atoms with Gasteiger partial charge in [-0.25, -0.2) is 4.98 Å². The Bertz CT molecular complexity index is 864. The van der Waals surface area contributed by atoms with Gasteiger partial charge in [0.05, 0.1) is 18.1 Å². The van der Waals surface area contributed by atoms with Crippen LogP contribution in [0.5, 0.6) is 5.75 Å². The maximum atomic E-state index is 14.8. The lowest BCUT2D eigenvalue weighted by Gasteiger charge is -2.15. The number of halogens is 2. The molecule has 4 nitrogen and oxygen atoms in total. The Balaban J connectivity index is 1.55. The monoisotopic (exact) mass is 348 g/mol. The van der Waals surface area contributed by atoms with Gasteiger partial charge in [-0.05, 0) is 55.6 Å². The van der Waals surface area contributed by atoms with E-state index in [-0.39, 0.29) is 5.92 Å². The summed E-state index contributed by atoms with van der Waals surface area (Å²) in [7, 11) is 1.50. The van der Waals surface area contributed by atoms with Crippen LogP contribution in [0, 0.1) is 23.7 Å². The fraction of sp³-hybridized carbons (Fsp3) is 0.579. The molecule has 134 valence electrons. The van der Waals surface area contributed by atoms with E-state index in [4.69, 9.17) is 4.74 Å². The van der Waals surface area contributed by atoms with Crippen molar-refractivity contribution in [2.75, 3.05) is 7.11 Å². The van der Waals surface area contributed by atoms with Crippen molar-refractivity contribution in [2.24, 2.45) is 23.7 Å². The molecule has 2 saturated carbocycles. The van der Waals surface area contributed by atoms with E-state index >= 15 is 0 Å².